The summed E-state index contributed by atoms with van der Waals surface area (Å²) in [6, 6.07) is 5.90. The fourth-order valence-electron chi connectivity index (χ4n) is 2.27. The number of esters is 1. The maximum atomic E-state index is 11.0. The van der Waals surface area contributed by atoms with Crippen LogP contribution in [0.3, 0.4) is 0 Å². The molecule has 1 aliphatic rings. The van der Waals surface area contributed by atoms with Crippen molar-refractivity contribution >= 4 is 5.97 Å². The Balaban J connectivity index is 2.12. The van der Waals surface area contributed by atoms with Crippen LogP contribution in [0.15, 0.2) is 18.2 Å². The van der Waals surface area contributed by atoms with E-state index >= 15 is 0 Å². The Labute approximate surface area is 107 Å². The van der Waals surface area contributed by atoms with E-state index in [2.05, 4.69) is 4.74 Å². The number of hydrogen-bond donors (Lipinski definition) is 0. The molecule has 18 heavy (non-hydrogen) atoms. The van der Waals surface area contributed by atoms with Crippen LogP contribution in [0, 0.1) is 0 Å². The topological polar surface area (TPSA) is 44.8 Å². The lowest BCUT2D eigenvalue weighted by Crippen LogP contribution is -2.14. The normalized spacial score (nSPS) is 18.0. The van der Waals surface area contributed by atoms with E-state index in [1.165, 1.54) is 18.2 Å². The standard InChI is InChI=1S/C14H18O4/c1-16-13-5-3-4-10-6-7-11(8-12(10)13)18-9-14(15)17-2/h6-8,13H,3-5,9H2,1-2H3. The number of benzene rings is 1. The lowest BCUT2D eigenvalue weighted by atomic mass is 9.89. The molecular formula is C14H18O4. The molecule has 0 spiro atoms. The Hall–Kier alpha value is -1.55. The molecule has 1 aromatic rings. The SMILES string of the molecule is COC(=O)COc1ccc2c(c1)C(OC)CCC2. The van der Waals surface area contributed by atoms with Crippen molar-refractivity contribution in [2.75, 3.05) is 20.8 Å². The van der Waals surface area contributed by atoms with E-state index in [-0.39, 0.29) is 18.7 Å². The molecule has 2 rings (SSSR count). The molecule has 1 atom stereocenters. The van der Waals surface area contributed by atoms with E-state index in [0.717, 1.165) is 19.3 Å². The molecule has 98 valence electrons. The summed E-state index contributed by atoms with van der Waals surface area (Å²) in [5.74, 6) is 0.305. The second-order valence-electron chi connectivity index (χ2n) is 4.34. The van der Waals surface area contributed by atoms with Gasteiger partial charge >= 0.3 is 5.97 Å². The summed E-state index contributed by atoms with van der Waals surface area (Å²) in [5, 5.41) is 0. The molecule has 0 amide bonds. The highest BCUT2D eigenvalue weighted by Crippen LogP contribution is 2.34. The summed E-state index contributed by atoms with van der Waals surface area (Å²) in [4.78, 5) is 11.0. The van der Waals surface area contributed by atoms with Crippen LogP contribution in [0.2, 0.25) is 0 Å². The van der Waals surface area contributed by atoms with Gasteiger partial charge in [-0.2, -0.15) is 0 Å². The van der Waals surface area contributed by atoms with Crippen molar-refractivity contribution in [2.45, 2.75) is 25.4 Å². The molecule has 1 unspecified atom stereocenters. The fraction of sp³-hybridized carbons (Fsp3) is 0.500. The molecule has 0 saturated carbocycles. The number of ether oxygens (including phenoxy) is 3. The Kier molecular flexibility index (Phi) is 4.20. The van der Waals surface area contributed by atoms with E-state index in [0.29, 0.717) is 5.75 Å². The van der Waals surface area contributed by atoms with E-state index in [1.807, 2.05) is 18.2 Å². The Bertz CT molecular complexity index is 428. The van der Waals surface area contributed by atoms with Crippen LogP contribution < -0.4 is 4.74 Å². The molecule has 4 nitrogen and oxygen atoms in total. The van der Waals surface area contributed by atoms with Gasteiger partial charge in [0.25, 0.3) is 0 Å². The van der Waals surface area contributed by atoms with Gasteiger partial charge in [0, 0.05) is 7.11 Å². The number of aryl methyl sites for hydroxylation is 1. The van der Waals surface area contributed by atoms with Crippen molar-refractivity contribution in [3.05, 3.63) is 29.3 Å². The Morgan fingerprint density at radius 1 is 1.39 bits per heavy atom. The van der Waals surface area contributed by atoms with E-state index < -0.39 is 0 Å². The highest BCUT2D eigenvalue weighted by molar-refractivity contribution is 5.70. The summed E-state index contributed by atoms with van der Waals surface area (Å²) >= 11 is 0. The van der Waals surface area contributed by atoms with Gasteiger partial charge in [-0.3, -0.25) is 0 Å². The number of hydrogen-bond acceptors (Lipinski definition) is 4. The minimum absolute atomic E-state index is 0.0626. The fourth-order valence-corrected chi connectivity index (χ4v) is 2.27. The molecule has 0 aliphatic heterocycles. The van der Waals surface area contributed by atoms with Gasteiger partial charge in [-0.05, 0) is 42.5 Å². The van der Waals surface area contributed by atoms with Crippen molar-refractivity contribution in [3.8, 4) is 5.75 Å². The second-order valence-corrected chi connectivity index (χ2v) is 4.34. The number of fused-ring (bicyclic) bond motifs is 1. The molecule has 0 fully saturated rings. The summed E-state index contributed by atoms with van der Waals surface area (Å²) < 4.78 is 15.4. The first-order valence-corrected chi connectivity index (χ1v) is 6.10. The van der Waals surface area contributed by atoms with Crippen LogP contribution in [-0.2, 0) is 20.7 Å². The quantitative estimate of drug-likeness (QED) is 0.769. The number of rotatable bonds is 4. The minimum Gasteiger partial charge on any atom is -0.482 e. The van der Waals surface area contributed by atoms with Gasteiger partial charge in [0.2, 0.25) is 0 Å². The molecular weight excluding hydrogens is 232 g/mol. The molecule has 1 aromatic carbocycles. The van der Waals surface area contributed by atoms with Crippen LogP contribution in [0.25, 0.3) is 0 Å². The van der Waals surface area contributed by atoms with Crippen LogP contribution >= 0.6 is 0 Å². The lowest BCUT2D eigenvalue weighted by molar-refractivity contribution is -0.142. The molecule has 0 radical (unpaired) electrons. The first-order valence-electron chi connectivity index (χ1n) is 6.10. The highest BCUT2D eigenvalue weighted by Gasteiger charge is 2.20. The molecule has 0 heterocycles. The average molecular weight is 250 g/mol. The van der Waals surface area contributed by atoms with Crippen molar-refractivity contribution in [1.29, 1.82) is 0 Å². The zero-order valence-corrected chi connectivity index (χ0v) is 10.8. The van der Waals surface area contributed by atoms with Gasteiger partial charge in [0.05, 0.1) is 13.2 Å². The van der Waals surface area contributed by atoms with Crippen molar-refractivity contribution in [3.63, 3.8) is 0 Å². The first kappa shape index (κ1) is 12.9. The van der Waals surface area contributed by atoms with Gasteiger partial charge in [-0.25, -0.2) is 4.79 Å². The van der Waals surface area contributed by atoms with Gasteiger partial charge in [-0.15, -0.1) is 0 Å². The molecule has 0 aromatic heterocycles. The summed E-state index contributed by atoms with van der Waals surface area (Å²) in [5.41, 5.74) is 2.48. The summed E-state index contributed by atoms with van der Waals surface area (Å²) in [6.45, 7) is -0.0626. The average Bonchev–Trinajstić information content (AvgIpc) is 2.43. The number of carbonyl (C=O) groups is 1. The molecule has 0 N–H and O–H groups in total. The van der Waals surface area contributed by atoms with Crippen LogP contribution in [0.5, 0.6) is 5.75 Å². The molecule has 1 aliphatic carbocycles. The maximum absolute atomic E-state index is 11.0. The third-order valence-electron chi connectivity index (χ3n) is 3.25. The van der Waals surface area contributed by atoms with E-state index in [9.17, 15) is 4.79 Å². The molecule has 0 bridgehead atoms. The van der Waals surface area contributed by atoms with Crippen LogP contribution in [0.4, 0.5) is 0 Å². The number of carbonyl (C=O) groups excluding carboxylic acids is 1. The zero-order valence-electron chi connectivity index (χ0n) is 10.8. The smallest absolute Gasteiger partial charge is 0.343 e. The Morgan fingerprint density at radius 3 is 2.94 bits per heavy atom. The van der Waals surface area contributed by atoms with Crippen molar-refractivity contribution in [1.82, 2.24) is 0 Å². The van der Waals surface area contributed by atoms with Crippen molar-refractivity contribution in [2.24, 2.45) is 0 Å². The van der Waals surface area contributed by atoms with Gasteiger partial charge < -0.3 is 14.2 Å². The third kappa shape index (κ3) is 2.82. The lowest BCUT2D eigenvalue weighted by Gasteiger charge is -2.24. The predicted molar refractivity (Wildman–Crippen MR) is 66.6 cm³/mol. The second kappa shape index (κ2) is 5.87. The predicted octanol–water partition coefficient (Wildman–Crippen LogP) is 2.26. The van der Waals surface area contributed by atoms with Gasteiger partial charge in [-0.1, -0.05) is 6.07 Å². The van der Waals surface area contributed by atoms with Gasteiger partial charge in [0.1, 0.15) is 5.75 Å². The molecule has 0 saturated heterocycles. The van der Waals surface area contributed by atoms with E-state index in [4.69, 9.17) is 9.47 Å². The highest BCUT2D eigenvalue weighted by atomic mass is 16.6. The zero-order chi connectivity index (χ0) is 13.0. The minimum atomic E-state index is -0.379. The molecule has 4 heteroatoms. The van der Waals surface area contributed by atoms with Gasteiger partial charge in [0.15, 0.2) is 6.61 Å². The van der Waals surface area contributed by atoms with Crippen LogP contribution in [0.1, 0.15) is 30.1 Å². The van der Waals surface area contributed by atoms with Crippen molar-refractivity contribution < 1.29 is 19.0 Å². The monoisotopic (exact) mass is 250 g/mol. The summed E-state index contributed by atoms with van der Waals surface area (Å²) in [6.07, 6.45) is 3.39. The number of methoxy groups -OCH3 is 2. The summed E-state index contributed by atoms with van der Waals surface area (Å²) in [7, 11) is 3.07. The Morgan fingerprint density at radius 2 is 2.22 bits per heavy atom. The largest absolute Gasteiger partial charge is 0.482 e. The first-order chi connectivity index (χ1) is 8.74. The maximum Gasteiger partial charge on any atom is 0.343 e. The van der Waals surface area contributed by atoms with E-state index in [1.54, 1.807) is 7.11 Å². The third-order valence-corrected chi connectivity index (χ3v) is 3.25. The van der Waals surface area contributed by atoms with Crippen LogP contribution in [-0.4, -0.2) is 26.8 Å².